The molecule has 2 aliphatic rings. The summed E-state index contributed by atoms with van der Waals surface area (Å²) in [6.45, 7) is 0. The first-order valence-electron chi connectivity index (χ1n) is 7.73. The largest absolute Gasteiger partial charge is 0.348 e. The zero-order valence-corrected chi connectivity index (χ0v) is 12.2. The van der Waals surface area contributed by atoms with Gasteiger partial charge in [0.15, 0.2) is 0 Å². The highest BCUT2D eigenvalue weighted by atomic mass is 19.1. The van der Waals surface area contributed by atoms with Crippen molar-refractivity contribution in [3.8, 4) is 0 Å². The average molecular weight is 307 g/mol. The van der Waals surface area contributed by atoms with Gasteiger partial charge >= 0.3 is 0 Å². The predicted molar refractivity (Wildman–Crippen MR) is 83.7 cm³/mol. The molecule has 0 bridgehead atoms. The van der Waals surface area contributed by atoms with Crippen LogP contribution in [0.1, 0.15) is 27.4 Å². The number of aromatic nitrogens is 2. The molecule has 2 aliphatic carbocycles. The summed E-state index contributed by atoms with van der Waals surface area (Å²) in [6.07, 6.45) is 2.48. The van der Waals surface area contributed by atoms with Crippen LogP contribution in [0.15, 0.2) is 42.7 Å². The van der Waals surface area contributed by atoms with Crippen LogP contribution in [0, 0.1) is 11.7 Å². The van der Waals surface area contributed by atoms with Crippen molar-refractivity contribution in [2.24, 2.45) is 5.92 Å². The molecule has 1 aromatic heterocycles. The van der Waals surface area contributed by atoms with Gasteiger partial charge in [0.25, 0.3) is 5.91 Å². The summed E-state index contributed by atoms with van der Waals surface area (Å²) in [6, 6.07) is 11.1. The van der Waals surface area contributed by atoms with Crippen LogP contribution in [0.4, 0.5) is 4.39 Å². The molecule has 1 heterocycles. The smallest absolute Gasteiger partial charge is 0.253 e. The maximum absolute atomic E-state index is 13.7. The SMILES string of the molecule is O=C(NC1C2Cc3ccccc3C21)c1cc(F)cc2[nH]cnc12. The Balaban J connectivity index is 1.42. The minimum absolute atomic E-state index is 0.148. The van der Waals surface area contributed by atoms with Crippen LogP contribution in [0.2, 0.25) is 0 Å². The van der Waals surface area contributed by atoms with Gasteiger partial charge in [0.2, 0.25) is 0 Å². The highest BCUT2D eigenvalue weighted by molar-refractivity contribution is 6.05. The fraction of sp³-hybridized carbons (Fsp3) is 0.222. The van der Waals surface area contributed by atoms with Gasteiger partial charge in [-0.05, 0) is 35.6 Å². The number of rotatable bonds is 2. The van der Waals surface area contributed by atoms with Crippen molar-refractivity contribution in [1.29, 1.82) is 0 Å². The third-order valence-electron chi connectivity index (χ3n) is 5.07. The Labute approximate surface area is 131 Å². The fourth-order valence-electron chi connectivity index (χ4n) is 3.96. The van der Waals surface area contributed by atoms with Gasteiger partial charge in [-0.25, -0.2) is 9.37 Å². The van der Waals surface area contributed by atoms with E-state index in [4.69, 9.17) is 0 Å². The highest BCUT2D eigenvalue weighted by Gasteiger charge is 2.56. The maximum atomic E-state index is 13.7. The van der Waals surface area contributed by atoms with Gasteiger partial charge in [-0.3, -0.25) is 4.79 Å². The number of benzene rings is 2. The Hall–Kier alpha value is -2.69. The normalized spacial score (nSPS) is 24.3. The number of carbonyl (C=O) groups excluding carboxylic acids is 1. The predicted octanol–water partition coefficient (Wildman–Crippen LogP) is 2.77. The number of nitrogens with zero attached hydrogens (tertiary/aromatic N) is 1. The van der Waals surface area contributed by atoms with E-state index >= 15 is 0 Å². The van der Waals surface area contributed by atoms with Crippen molar-refractivity contribution in [2.75, 3.05) is 0 Å². The van der Waals surface area contributed by atoms with E-state index in [1.54, 1.807) is 0 Å². The van der Waals surface area contributed by atoms with Crippen molar-refractivity contribution in [3.05, 3.63) is 65.2 Å². The number of hydrogen-bond acceptors (Lipinski definition) is 2. The average Bonchev–Trinajstić information content (AvgIpc) is 2.91. The molecule has 0 aliphatic heterocycles. The summed E-state index contributed by atoms with van der Waals surface area (Å²) in [4.78, 5) is 19.6. The van der Waals surface area contributed by atoms with E-state index in [2.05, 4.69) is 33.5 Å². The summed E-state index contributed by atoms with van der Waals surface area (Å²) in [5.41, 5.74) is 4.06. The van der Waals surface area contributed by atoms with E-state index in [0.717, 1.165) is 6.42 Å². The molecule has 4 nitrogen and oxygen atoms in total. The number of nitrogens with one attached hydrogen (secondary N) is 2. The lowest BCUT2D eigenvalue weighted by Crippen LogP contribution is -2.29. The molecule has 1 saturated carbocycles. The molecule has 1 amide bonds. The lowest BCUT2D eigenvalue weighted by atomic mass is 10.0. The summed E-state index contributed by atoms with van der Waals surface area (Å²) in [5, 5.41) is 3.06. The van der Waals surface area contributed by atoms with E-state index in [-0.39, 0.29) is 11.9 Å². The maximum Gasteiger partial charge on any atom is 0.253 e. The quantitative estimate of drug-likeness (QED) is 0.765. The number of hydrogen-bond donors (Lipinski definition) is 2. The summed E-state index contributed by atoms with van der Waals surface area (Å²) >= 11 is 0. The minimum Gasteiger partial charge on any atom is -0.348 e. The van der Waals surface area contributed by atoms with Crippen molar-refractivity contribution < 1.29 is 9.18 Å². The zero-order valence-electron chi connectivity index (χ0n) is 12.2. The molecule has 3 aromatic rings. The molecule has 2 N–H and O–H groups in total. The van der Waals surface area contributed by atoms with Gasteiger partial charge in [-0.2, -0.15) is 0 Å². The Kier molecular flexibility index (Phi) is 2.46. The van der Waals surface area contributed by atoms with Crippen LogP contribution >= 0.6 is 0 Å². The van der Waals surface area contributed by atoms with Gasteiger partial charge in [0, 0.05) is 12.0 Å². The molecule has 5 rings (SSSR count). The third-order valence-corrected chi connectivity index (χ3v) is 5.07. The molecule has 0 saturated heterocycles. The zero-order chi connectivity index (χ0) is 15.6. The molecule has 3 unspecified atom stereocenters. The first kappa shape index (κ1) is 12.8. The molecule has 0 spiro atoms. The van der Waals surface area contributed by atoms with E-state index in [1.807, 2.05) is 6.07 Å². The first-order chi connectivity index (χ1) is 11.2. The Morgan fingerprint density at radius 3 is 3.09 bits per heavy atom. The van der Waals surface area contributed by atoms with Crippen LogP contribution in [0.3, 0.4) is 0 Å². The number of aromatic amines is 1. The molecule has 5 heteroatoms. The number of H-pyrrole nitrogens is 1. The minimum atomic E-state index is -0.437. The van der Waals surface area contributed by atoms with E-state index in [0.29, 0.717) is 28.4 Å². The van der Waals surface area contributed by atoms with Crippen LogP contribution in [-0.4, -0.2) is 21.9 Å². The summed E-state index contributed by atoms with van der Waals surface area (Å²) in [5.74, 6) is 0.185. The van der Waals surface area contributed by atoms with E-state index in [9.17, 15) is 9.18 Å². The Morgan fingerprint density at radius 1 is 1.30 bits per heavy atom. The number of carbonyl (C=O) groups is 1. The molecule has 3 atom stereocenters. The number of imidazole rings is 1. The van der Waals surface area contributed by atoms with Crippen LogP contribution in [0.5, 0.6) is 0 Å². The second-order valence-electron chi connectivity index (χ2n) is 6.34. The molecular weight excluding hydrogens is 293 g/mol. The first-order valence-corrected chi connectivity index (χ1v) is 7.73. The van der Waals surface area contributed by atoms with Gasteiger partial charge in [0.1, 0.15) is 11.3 Å². The Bertz CT molecular complexity index is 948. The van der Waals surface area contributed by atoms with Crippen molar-refractivity contribution in [2.45, 2.75) is 18.4 Å². The lowest BCUT2D eigenvalue weighted by Gasteiger charge is -2.10. The van der Waals surface area contributed by atoms with Gasteiger partial charge in [-0.1, -0.05) is 24.3 Å². The molecule has 0 radical (unpaired) electrons. The van der Waals surface area contributed by atoms with Crippen molar-refractivity contribution in [1.82, 2.24) is 15.3 Å². The lowest BCUT2D eigenvalue weighted by molar-refractivity contribution is 0.0949. The van der Waals surface area contributed by atoms with Crippen LogP contribution < -0.4 is 5.32 Å². The summed E-state index contributed by atoms with van der Waals surface area (Å²) in [7, 11) is 0. The van der Waals surface area contributed by atoms with Crippen LogP contribution in [-0.2, 0) is 6.42 Å². The second-order valence-corrected chi connectivity index (χ2v) is 6.34. The number of amides is 1. The fourth-order valence-corrected chi connectivity index (χ4v) is 3.96. The molecule has 1 fully saturated rings. The Morgan fingerprint density at radius 2 is 2.17 bits per heavy atom. The molecular formula is C18H14FN3O. The molecule has 2 aromatic carbocycles. The number of fused-ring (bicyclic) bond motifs is 4. The van der Waals surface area contributed by atoms with E-state index in [1.165, 1.54) is 29.6 Å². The monoisotopic (exact) mass is 307 g/mol. The highest BCUT2D eigenvalue weighted by Crippen LogP contribution is 2.56. The second kappa shape index (κ2) is 4.41. The van der Waals surface area contributed by atoms with Crippen molar-refractivity contribution in [3.63, 3.8) is 0 Å². The summed E-state index contributed by atoms with van der Waals surface area (Å²) < 4.78 is 13.7. The van der Waals surface area contributed by atoms with Crippen molar-refractivity contribution >= 4 is 16.9 Å². The van der Waals surface area contributed by atoms with E-state index < -0.39 is 5.82 Å². The third kappa shape index (κ3) is 1.82. The van der Waals surface area contributed by atoms with Gasteiger partial charge in [0.05, 0.1) is 17.4 Å². The topological polar surface area (TPSA) is 57.8 Å². The van der Waals surface area contributed by atoms with Gasteiger partial charge in [-0.15, -0.1) is 0 Å². The molecule has 114 valence electrons. The number of halogens is 1. The standard InChI is InChI=1S/C18H14FN3O/c19-10-6-13(16-14(7-10)20-8-21-16)18(23)22-17-12-5-9-3-1-2-4-11(9)15(12)17/h1-4,6-8,12,15,17H,5H2,(H,20,21)(H,22,23). The van der Waals surface area contributed by atoms with Crippen LogP contribution in [0.25, 0.3) is 11.0 Å². The van der Waals surface area contributed by atoms with Gasteiger partial charge < -0.3 is 10.3 Å². The molecule has 23 heavy (non-hydrogen) atoms.